The van der Waals surface area contributed by atoms with Crippen LogP contribution in [0.3, 0.4) is 0 Å². The minimum Gasteiger partial charge on any atom is -0.321 e. The molecule has 0 aliphatic carbocycles. The lowest BCUT2D eigenvalue weighted by molar-refractivity contribution is 0.0967. The predicted octanol–water partition coefficient (Wildman–Crippen LogP) is 0.735. The zero-order valence-electron chi connectivity index (χ0n) is 8.65. The summed E-state index contributed by atoms with van der Waals surface area (Å²) in [6.45, 7) is 2.49. The molecule has 5 heteroatoms. The number of hydrogen-bond donors (Lipinski definition) is 1. The first kappa shape index (κ1) is 11.3. The number of thiazole rings is 1. The second-order valence-corrected chi connectivity index (χ2v) is 4.64. The third-order valence-corrected chi connectivity index (χ3v) is 2.65. The van der Waals surface area contributed by atoms with E-state index < -0.39 is 6.04 Å². The Bertz CT molecular complexity index is 320. The highest BCUT2D eigenvalue weighted by Crippen LogP contribution is 2.15. The predicted molar refractivity (Wildman–Crippen MR) is 57.5 cm³/mol. The minimum absolute atomic E-state index is 0.0833. The van der Waals surface area contributed by atoms with Crippen molar-refractivity contribution in [1.29, 1.82) is 0 Å². The molecule has 1 rings (SSSR count). The number of ketones is 1. The molecule has 78 valence electrons. The third-order valence-electron chi connectivity index (χ3n) is 1.65. The first-order valence-electron chi connectivity index (χ1n) is 4.40. The molecule has 1 unspecified atom stereocenters. The van der Waals surface area contributed by atoms with Gasteiger partial charge in [-0.25, -0.2) is 4.98 Å². The van der Waals surface area contributed by atoms with E-state index in [-0.39, 0.29) is 5.78 Å². The van der Waals surface area contributed by atoms with Gasteiger partial charge >= 0.3 is 0 Å². The first-order valence-corrected chi connectivity index (χ1v) is 5.21. The summed E-state index contributed by atoms with van der Waals surface area (Å²) < 4.78 is 0. The van der Waals surface area contributed by atoms with Crippen LogP contribution in [0.15, 0.2) is 6.20 Å². The Balaban J connectivity index is 2.73. The molecule has 0 aliphatic heterocycles. The van der Waals surface area contributed by atoms with Gasteiger partial charge in [0, 0.05) is 17.6 Å². The van der Waals surface area contributed by atoms with Crippen LogP contribution >= 0.6 is 11.3 Å². The normalized spacial score (nSPS) is 13.2. The lowest BCUT2D eigenvalue weighted by atomic mass is 10.2. The zero-order chi connectivity index (χ0) is 10.7. The standard InChI is InChI=1S/C9H15N3OS/c1-6(10)8(13)9-11-4-7(14-9)5-12(2)3/h4,6H,5,10H2,1-3H3. The Morgan fingerprint density at radius 3 is 2.86 bits per heavy atom. The van der Waals surface area contributed by atoms with E-state index in [0.717, 1.165) is 11.4 Å². The van der Waals surface area contributed by atoms with Crippen LogP contribution in [0.5, 0.6) is 0 Å². The van der Waals surface area contributed by atoms with Gasteiger partial charge in [0.15, 0.2) is 5.01 Å². The van der Waals surface area contributed by atoms with Crippen LogP contribution in [0.25, 0.3) is 0 Å². The Morgan fingerprint density at radius 1 is 1.71 bits per heavy atom. The molecule has 0 saturated heterocycles. The number of carbonyl (C=O) groups excluding carboxylic acids is 1. The van der Waals surface area contributed by atoms with Gasteiger partial charge in [0.05, 0.1) is 6.04 Å². The lowest BCUT2D eigenvalue weighted by Gasteiger charge is -2.05. The Kier molecular flexibility index (Phi) is 3.74. The third kappa shape index (κ3) is 2.87. The highest BCUT2D eigenvalue weighted by molar-refractivity contribution is 7.13. The van der Waals surface area contributed by atoms with Crippen molar-refractivity contribution in [3.05, 3.63) is 16.1 Å². The molecule has 0 bridgehead atoms. The first-order chi connectivity index (χ1) is 6.50. The van der Waals surface area contributed by atoms with Crippen LogP contribution in [0.2, 0.25) is 0 Å². The number of aromatic nitrogens is 1. The van der Waals surface area contributed by atoms with E-state index in [0.29, 0.717) is 5.01 Å². The monoisotopic (exact) mass is 213 g/mol. The fourth-order valence-corrected chi connectivity index (χ4v) is 2.07. The van der Waals surface area contributed by atoms with E-state index in [9.17, 15) is 4.79 Å². The summed E-state index contributed by atoms with van der Waals surface area (Å²) in [5, 5.41) is 0.511. The summed E-state index contributed by atoms with van der Waals surface area (Å²) in [5.41, 5.74) is 5.49. The quantitative estimate of drug-likeness (QED) is 0.749. The van der Waals surface area contributed by atoms with Gasteiger partial charge in [-0.05, 0) is 21.0 Å². The second kappa shape index (κ2) is 4.63. The average Bonchev–Trinajstić information content (AvgIpc) is 2.50. The largest absolute Gasteiger partial charge is 0.321 e. The molecule has 0 fully saturated rings. The summed E-state index contributed by atoms with van der Waals surface area (Å²) >= 11 is 1.42. The summed E-state index contributed by atoms with van der Waals surface area (Å²) in [5.74, 6) is -0.0833. The molecule has 0 amide bonds. The van der Waals surface area contributed by atoms with Crippen molar-refractivity contribution < 1.29 is 4.79 Å². The molecule has 0 spiro atoms. The van der Waals surface area contributed by atoms with Gasteiger partial charge in [-0.15, -0.1) is 11.3 Å². The van der Waals surface area contributed by atoms with Crippen molar-refractivity contribution >= 4 is 17.1 Å². The summed E-state index contributed by atoms with van der Waals surface area (Å²) in [6, 6.07) is -0.464. The van der Waals surface area contributed by atoms with Gasteiger partial charge in [-0.2, -0.15) is 0 Å². The molecule has 14 heavy (non-hydrogen) atoms. The number of carbonyl (C=O) groups is 1. The minimum atomic E-state index is -0.464. The van der Waals surface area contributed by atoms with Crippen LogP contribution in [0, 0.1) is 0 Å². The highest BCUT2D eigenvalue weighted by Gasteiger charge is 2.15. The number of hydrogen-bond acceptors (Lipinski definition) is 5. The Morgan fingerprint density at radius 2 is 2.36 bits per heavy atom. The molecule has 0 saturated carbocycles. The van der Waals surface area contributed by atoms with Gasteiger partial charge in [-0.3, -0.25) is 4.79 Å². The molecule has 0 aliphatic rings. The maximum Gasteiger partial charge on any atom is 0.207 e. The fourth-order valence-electron chi connectivity index (χ4n) is 1.00. The van der Waals surface area contributed by atoms with Gasteiger partial charge in [0.1, 0.15) is 0 Å². The number of Topliss-reactive ketones (excluding diaryl/α,β-unsaturated/α-hetero) is 1. The van der Waals surface area contributed by atoms with E-state index in [1.807, 2.05) is 19.0 Å². The van der Waals surface area contributed by atoms with E-state index in [1.165, 1.54) is 11.3 Å². The van der Waals surface area contributed by atoms with Crippen molar-refractivity contribution in [3.63, 3.8) is 0 Å². The molecule has 0 radical (unpaired) electrons. The molecular formula is C9H15N3OS. The van der Waals surface area contributed by atoms with Crippen molar-refractivity contribution in [2.24, 2.45) is 5.73 Å². The van der Waals surface area contributed by atoms with Gasteiger partial charge in [-0.1, -0.05) is 0 Å². The molecule has 0 aromatic carbocycles. The van der Waals surface area contributed by atoms with Crippen molar-refractivity contribution in [3.8, 4) is 0 Å². The van der Waals surface area contributed by atoms with Crippen molar-refractivity contribution in [2.45, 2.75) is 19.5 Å². The van der Waals surface area contributed by atoms with Gasteiger partial charge in [0.25, 0.3) is 0 Å². The number of nitrogens with zero attached hydrogens (tertiary/aromatic N) is 2. The van der Waals surface area contributed by atoms with Crippen LogP contribution in [0.4, 0.5) is 0 Å². The average molecular weight is 213 g/mol. The fraction of sp³-hybridized carbons (Fsp3) is 0.556. The Hall–Kier alpha value is -0.780. The smallest absolute Gasteiger partial charge is 0.207 e. The molecular weight excluding hydrogens is 198 g/mol. The Labute approximate surface area is 87.7 Å². The van der Waals surface area contributed by atoms with E-state index >= 15 is 0 Å². The second-order valence-electron chi connectivity index (χ2n) is 3.52. The summed E-state index contributed by atoms with van der Waals surface area (Å²) in [4.78, 5) is 18.6. The number of rotatable bonds is 4. The van der Waals surface area contributed by atoms with E-state index in [2.05, 4.69) is 4.98 Å². The molecule has 1 heterocycles. The summed E-state index contributed by atoms with van der Waals surface area (Å²) in [6.07, 6.45) is 1.74. The zero-order valence-corrected chi connectivity index (χ0v) is 9.47. The van der Waals surface area contributed by atoms with E-state index in [1.54, 1.807) is 13.1 Å². The van der Waals surface area contributed by atoms with Crippen LogP contribution in [-0.4, -0.2) is 35.8 Å². The van der Waals surface area contributed by atoms with Crippen molar-refractivity contribution in [2.75, 3.05) is 14.1 Å². The van der Waals surface area contributed by atoms with Crippen LogP contribution < -0.4 is 5.73 Å². The molecule has 1 aromatic heterocycles. The highest BCUT2D eigenvalue weighted by atomic mass is 32.1. The van der Waals surface area contributed by atoms with Gasteiger partial charge < -0.3 is 10.6 Å². The SMILES string of the molecule is CC(N)C(=O)c1ncc(CN(C)C)s1. The van der Waals surface area contributed by atoms with Crippen LogP contribution in [-0.2, 0) is 6.54 Å². The molecule has 1 aromatic rings. The maximum absolute atomic E-state index is 11.5. The van der Waals surface area contributed by atoms with Crippen LogP contribution in [0.1, 0.15) is 21.6 Å². The van der Waals surface area contributed by atoms with Crippen molar-refractivity contribution in [1.82, 2.24) is 9.88 Å². The number of nitrogens with two attached hydrogens (primary N) is 1. The summed E-state index contributed by atoms with van der Waals surface area (Å²) in [7, 11) is 3.96. The molecule has 4 nitrogen and oxygen atoms in total. The lowest BCUT2D eigenvalue weighted by Crippen LogP contribution is -2.26. The molecule has 2 N–H and O–H groups in total. The topological polar surface area (TPSA) is 59.2 Å². The van der Waals surface area contributed by atoms with Gasteiger partial charge in [0.2, 0.25) is 5.78 Å². The maximum atomic E-state index is 11.5. The molecule has 1 atom stereocenters. The van der Waals surface area contributed by atoms with E-state index in [4.69, 9.17) is 5.73 Å².